The fourth-order valence-corrected chi connectivity index (χ4v) is 5.52. The van der Waals surface area contributed by atoms with E-state index in [1.165, 1.54) is 4.31 Å². The van der Waals surface area contributed by atoms with Gasteiger partial charge in [-0.3, -0.25) is 9.03 Å². The Balaban J connectivity index is 1.78. The fourth-order valence-electron chi connectivity index (χ4n) is 2.77. The number of sulfonamides is 2. The molecule has 0 spiro atoms. The summed E-state index contributed by atoms with van der Waals surface area (Å²) in [5.74, 6) is -0.0180. The molecule has 1 N–H and O–H groups in total. The van der Waals surface area contributed by atoms with Crippen LogP contribution >= 0.6 is 0 Å². The van der Waals surface area contributed by atoms with Crippen molar-refractivity contribution < 1.29 is 16.8 Å². The Kier molecular flexibility index (Phi) is 4.75. The van der Waals surface area contributed by atoms with Crippen molar-refractivity contribution >= 4 is 31.4 Å². The van der Waals surface area contributed by atoms with Gasteiger partial charge in [-0.25, -0.2) is 16.8 Å². The van der Waals surface area contributed by atoms with E-state index in [2.05, 4.69) is 4.72 Å². The lowest BCUT2D eigenvalue weighted by Crippen LogP contribution is -2.25. The summed E-state index contributed by atoms with van der Waals surface area (Å²) in [6.07, 6.45) is 0.575. The molecule has 6 nitrogen and oxygen atoms in total. The maximum atomic E-state index is 12.4. The summed E-state index contributed by atoms with van der Waals surface area (Å²) in [7, 11) is -6.88. The van der Waals surface area contributed by atoms with Gasteiger partial charge in [-0.1, -0.05) is 35.9 Å². The van der Waals surface area contributed by atoms with Gasteiger partial charge in [-0.15, -0.1) is 0 Å². The van der Waals surface area contributed by atoms with E-state index in [9.17, 15) is 16.8 Å². The van der Waals surface area contributed by atoms with Crippen molar-refractivity contribution in [3.8, 4) is 0 Å². The average molecular weight is 380 g/mol. The molecule has 0 amide bonds. The molecular formula is C17H20N2O4S2. The number of rotatable bonds is 5. The molecule has 25 heavy (non-hydrogen) atoms. The van der Waals surface area contributed by atoms with E-state index in [4.69, 9.17) is 0 Å². The van der Waals surface area contributed by atoms with Gasteiger partial charge in [-0.2, -0.15) is 0 Å². The lowest BCUT2D eigenvalue weighted by atomic mass is 10.2. The lowest BCUT2D eigenvalue weighted by Gasteiger charge is -2.18. The largest absolute Gasteiger partial charge is 0.283 e. The minimum atomic E-state index is -3.59. The summed E-state index contributed by atoms with van der Waals surface area (Å²) in [4.78, 5) is 0. The molecule has 0 aliphatic carbocycles. The van der Waals surface area contributed by atoms with Gasteiger partial charge in [-0.05, 0) is 37.1 Å². The third-order valence-electron chi connectivity index (χ3n) is 3.98. The second kappa shape index (κ2) is 6.68. The highest BCUT2D eigenvalue weighted by atomic mass is 32.2. The first kappa shape index (κ1) is 17.8. The number of anilines is 2. The smallest absolute Gasteiger partial charge is 0.236 e. The van der Waals surface area contributed by atoms with E-state index in [0.29, 0.717) is 29.9 Å². The highest BCUT2D eigenvalue weighted by Crippen LogP contribution is 2.27. The van der Waals surface area contributed by atoms with Gasteiger partial charge in [0.05, 0.1) is 22.9 Å². The maximum Gasteiger partial charge on any atom is 0.236 e. The molecule has 1 fully saturated rings. The van der Waals surface area contributed by atoms with Crippen LogP contribution in [-0.4, -0.2) is 29.1 Å². The van der Waals surface area contributed by atoms with E-state index < -0.39 is 20.0 Å². The molecule has 0 bridgehead atoms. The molecule has 0 aromatic heterocycles. The maximum absolute atomic E-state index is 12.4. The third kappa shape index (κ3) is 4.32. The zero-order valence-corrected chi connectivity index (χ0v) is 15.5. The van der Waals surface area contributed by atoms with Crippen LogP contribution in [0.1, 0.15) is 17.5 Å². The normalized spacial score (nSPS) is 16.8. The van der Waals surface area contributed by atoms with Crippen molar-refractivity contribution in [2.75, 3.05) is 21.3 Å². The molecule has 8 heteroatoms. The molecule has 1 saturated heterocycles. The van der Waals surface area contributed by atoms with Crippen molar-refractivity contribution in [3.05, 3.63) is 59.7 Å². The Morgan fingerprint density at radius 2 is 1.84 bits per heavy atom. The first-order valence-electron chi connectivity index (χ1n) is 7.92. The first-order valence-corrected chi connectivity index (χ1v) is 11.2. The summed E-state index contributed by atoms with van der Waals surface area (Å²) < 4.78 is 52.6. The molecule has 0 radical (unpaired) electrons. The zero-order chi connectivity index (χ0) is 18.1. The Morgan fingerprint density at radius 3 is 2.48 bits per heavy atom. The van der Waals surface area contributed by atoms with Gasteiger partial charge in [0.1, 0.15) is 0 Å². The van der Waals surface area contributed by atoms with Crippen molar-refractivity contribution in [3.63, 3.8) is 0 Å². The monoisotopic (exact) mass is 380 g/mol. The van der Waals surface area contributed by atoms with Crippen LogP contribution in [-0.2, 0) is 25.8 Å². The Morgan fingerprint density at radius 1 is 1.12 bits per heavy atom. The number of hydrogen-bond donors (Lipinski definition) is 1. The SMILES string of the molecule is Cc1ccc(CS(=O)(=O)Nc2cccc(N3CCCS3(=O)=O)c2)cc1. The van der Waals surface area contributed by atoms with Crippen LogP contribution in [0.15, 0.2) is 48.5 Å². The first-order chi connectivity index (χ1) is 11.8. The second-order valence-corrected chi connectivity index (χ2v) is 9.87. The zero-order valence-electron chi connectivity index (χ0n) is 13.8. The molecule has 2 aromatic rings. The Bertz CT molecular complexity index is 968. The summed E-state index contributed by atoms with van der Waals surface area (Å²) in [5.41, 5.74) is 2.59. The number of nitrogens with zero attached hydrogens (tertiary/aromatic N) is 1. The quantitative estimate of drug-likeness (QED) is 0.864. The summed E-state index contributed by atoms with van der Waals surface area (Å²) >= 11 is 0. The molecule has 0 atom stereocenters. The molecule has 1 aliphatic heterocycles. The number of benzene rings is 2. The van der Waals surface area contributed by atoms with Crippen LogP contribution in [0.4, 0.5) is 11.4 Å². The predicted octanol–water partition coefficient (Wildman–Crippen LogP) is 2.48. The second-order valence-electron chi connectivity index (χ2n) is 6.14. The van der Waals surface area contributed by atoms with Crippen molar-refractivity contribution in [1.29, 1.82) is 0 Å². The summed E-state index contributed by atoms with van der Waals surface area (Å²) in [6.45, 7) is 2.36. The summed E-state index contributed by atoms with van der Waals surface area (Å²) in [6, 6.07) is 13.8. The number of hydrogen-bond acceptors (Lipinski definition) is 4. The van der Waals surface area contributed by atoms with Crippen LogP contribution in [0, 0.1) is 6.92 Å². The highest BCUT2D eigenvalue weighted by molar-refractivity contribution is 7.93. The van der Waals surface area contributed by atoms with Gasteiger partial charge >= 0.3 is 0 Å². The average Bonchev–Trinajstić information content (AvgIpc) is 2.88. The van der Waals surface area contributed by atoms with Crippen molar-refractivity contribution in [1.82, 2.24) is 0 Å². The number of aryl methyl sites for hydroxylation is 1. The van der Waals surface area contributed by atoms with Gasteiger partial charge in [0, 0.05) is 6.54 Å². The highest BCUT2D eigenvalue weighted by Gasteiger charge is 2.28. The Hall–Kier alpha value is -2.06. The lowest BCUT2D eigenvalue weighted by molar-refractivity contribution is 0.598. The molecule has 0 unspecified atom stereocenters. The van der Waals surface area contributed by atoms with Crippen molar-refractivity contribution in [2.45, 2.75) is 19.1 Å². The molecule has 0 saturated carbocycles. The topological polar surface area (TPSA) is 83.6 Å². The van der Waals surface area contributed by atoms with Crippen LogP contribution in [0.3, 0.4) is 0 Å². The molecule has 2 aromatic carbocycles. The minimum Gasteiger partial charge on any atom is -0.283 e. The standard InChI is InChI=1S/C17H20N2O4S2/c1-14-6-8-15(9-7-14)13-24(20,21)18-16-4-2-5-17(12-16)19-10-3-11-25(19,22)23/h2,4-9,12,18H,3,10-11,13H2,1H3. The van der Waals surface area contributed by atoms with Gasteiger partial charge < -0.3 is 0 Å². The Labute approximate surface area is 148 Å². The van der Waals surface area contributed by atoms with Crippen LogP contribution in [0.2, 0.25) is 0 Å². The minimum absolute atomic E-state index is 0.121. The third-order valence-corrected chi connectivity index (χ3v) is 7.11. The molecule has 134 valence electrons. The predicted molar refractivity (Wildman–Crippen MR) is 99.6 cm³/mol. The molecular weight excluding hydrogens is 360 g/mol. The summed E-state index contributed by atoms with van der Waals surface area (Å²) in [5, 5.41) is 0. The van der Waals surface area contributed by atoms with E-state index in [0.717, 1.165) is 5.56 Å². The van der Waals surface area contributed by atoms with E-state index in [1.807, 2.05) is 19.1 Å². The van der Waals surface area contributed by atoms with Gasteiger partial charge in [0.2, 0.25) is 20.0 Å². The molecule has 1 heterocycles. The number of nitrogens with one attached hydrogen (secondary N) is 1. The van der Waals surface area contributed by atoms with Gasteiger partial charge in [0.25, 0.3) is 0 Å². The van der Waals surface area contributed by atoms with Crippen molar-refractivity contribution in [2.24, 2.45) is 0 Å². The van der Waals surface area contributed by atoms with Crippen LogP contribution in [0.25, 0.3) is 0 Å². The molecule has 3 rings (SSSR count). The molecule has 1 aliphatic rings. The van der Waals surface area contributed by atoms with E-state index in [-0.39, 0.29) is 11.5 Å². The van der Waals surface area contributed by atoms with Gasteiger partial charge in [0.15, 0.2) is 0 Å². The van der Waals surface area contributed by atoms with E-state index in [1.54, 1.807) is 36.4 Å². The fraction of sp³-hybridized carbons (Fsp3) is 0.294. The van der Waals surface area contributed by atoms with E-state index >= 15 is 0 Å². The van der Waals surface area contributed by atoms with Crippen LogP contribution < -0.4 is 9.03 Å². The van der Waals surface area contributed by atoms with Crippen LogP contribution in [0.5, 0.6) is 0 Å².